The third-order valence-electron chi connectivity index (χ3n) is 7.91. The van der Waals surface area contributed by atoms with E-state index in [1.807, 2.05) is 43.7 Å². The number of esters is 1. The summed E-state index contributed by atoms with van der Waals surface area (Å²) in [6, 6.07) is 13.5. The number of rotatable bonds is 6. The molecule has 0 spiro atoms. The van der Waals surface area contributed by atoms with Crippen molar-refractivity contribution in [1.82, 2.24) is 9.78 Å². The lowest BCUT2D eigenvalue weighted by molar-refractivity contribution is -0.141. The first-order chi connectivity index (χ1) is 18.8. The van der Waals surface area contributed by atoms with Crippen LogP contribution >= 0.6 is 0 Å². The molecule has 6 rings (SSSR count). The van der Waals surface area contributed by atoms with Crippen LogP contribution in [0.1, 0.15) is 52.7 Å². The van der Waals surface area contributed by atoms with Gasteiger partial charge >= 0.3 is 5.97 Å². The van der Waals surface area contributed by atoms with Crippen LogP contribution in [0.25, 0.3) is 22.3 Å². The van der Waals surface area contributed by atoms with Gasteiger partial charge in [-0.2, -0.15) is 5.10 Å². The van der Waals surface area contributed by atoms with Gasteiger partial charge in [-0.1, -0.05) is 24.3 Å². The molecule has 0 N–H and O–H groups in total. The molecule has 7 heteroatoms. The number of benzene rings is 3. The molecule has 3 aromatic carbocycles. The van der Waals surface area contributed by atoms with E-state index in [1.165, 1.54) is 7.11 Å². The first-order valence-corrected chi connectivity index (χ1v) is 13.2. The summed E-state index contributed by atoms with van der Waals surface area (Å²) in [7, 11) is 3.30. The SMILES string of the molecule is COC(=O)C[C@@H]1COc2cc(O[C@@H]3CCc4c(-c5c(C)cc(-c6cnn(C)c6)cc5C)ccc(F)c43)ccc21. The number of halogens is 1. The number of carbonyl (C=O) groups is 1. The Balaban J connectivity index is 1.29. The van der Waals surface area contributed by atoms with Crippen molar-refractivity contribution in [3.8, 4) is 33.8 Å². The van der Waals surface area contributed by atoms with E-state index in [1.54, 1.807) is 10.7 Å². The monoisotopic (exact) mass is 526 g/mol. The minimum Gasteiger partial charge on any atom is -0.492 e. The molecule has 200 valence electrons. The molecule has 2 heterocycles. The van der Waals surface area contributed by atoms with E-state index in [-0.39, 0.29) is 30.2 Å². The Labute approximate surface area is 227 Å². The largest absolute Gasteiger partial charge is 0.492 e. The molecule has 6 nitrogen and oxygen atoms in total. The van der Waals surface area contributed by atoms with E-state index in [0.29, 0.717) is 30.1 Å². The normalized spacial score (nSPS) is 17.5. The Hall–Kier alpha value is -4.13. The predicted octanol–water partition coefficient (Wildman–Crippen LogP) is 6.62. The Morgan fingerprint density at radius 3 is 2.64 bits per heavy atom. The Morgan fingerprint density at radius 1 is 1.13 bits per heavy atom. The molecule has 39 heavy (non-hydrogen) atoms. The zero-order valence-corrected chi connectivity index (χ0v) is 22.6. The van der Waals surface area contributed by atoms with Crippen molar-refractivity contribution in [2.45, 2.75) is 45.1 Å². The molecule has 1 aliphatic heterocycles. The molecule has 0 bridgehead atoms. The second-order valence-corrected chi connectivity index (χ2v) is 10.5. The smallest absolute Gasteiger partial charge is 0.306 e. The maximum Gasteiger partial charge on any atom is 0.306 e. The molecule has 0 radical (unpaired) electrons. The van der Waals surface area contributed by atoms with Gasteiger partial charge in [0.15, 0.2) is 0 Å². The number of ether oxygens (including phenoxy) is 3. The molecular weight excluding hydrogens is 495 g/mol. The Morgan fingerprint density at radius 2 is 1.92 bits per heavy atom. The molecule has 1 aromatic heterocycles. The first-order valence-electron chi connectivity index (χ1n) is 13.2. The molecule has 2 aliphatic rings. The molecule has 4 aromatic rings. The van der Waals surface area contributed by atoms with Gasteiger partial charge in [0.25, 0.3) is 0 Å². The molecule has 0 saturated heterocycles. The first kappa shape index (κ1) is 25.2. The number of hydrogen-bond acceptors (Lipinski definition) is 5. The van der Waals surface area contributed by atoms with Gasteiger partial charge in [-0.15, -0.1) is 0 Å². The lowest BCUT2D eigenvalue weighted by Gasteiger charge is -2.19. The highest BCUT2D eigenvalue weighted by Gasteiger charge is 2.32. The van der Waals surface area contributed by atoms with E-state index in [0.717, 1.165) is 50.9 Å². The average molecular weight is 527 g/mol. The minimum absolute atomic E-state index is 0.0373. The van der Waals surface area contributed by atoms with Crippen molar-refractivity contribution in [3.63, 3.8) is 0 Å². The molecule has 0 amide bonds. The highest BCUT2D eigenvalue weighted by atomic mass is 19.1. The van der Waals surface area contributed by atoms with E-state index >= 15 is 4.39 Å². The summed E-state index contributed by atoms with van der Waals surface area (Å²) in [5.74, 6) is 0.790. The van der Waals surface area contributed by atoms with Crippen LogP contribution in [0.3, 0.4) is 0 Å². The quantitative estimate of drug-likeness (QED) is 0.265. The number of nitrogens with zero attached hydrogens (tertiary/aromatic N) is 2. The van der Waals surface area contributed by atoms with Crippen LogP contribution in [-0.2, 0) is 23.0 Å². The van der Waals surface area contributed by atoms with Crippen LogP contribution in [0, 0.1) is 19.7 Å². The van der Waals surface area contributed by atoms with Crippen LogP contribution < -0.4 is 9.47 Å². The van der Waals surface area contributed by atoms with Crippen LogP contribution in [-0.4, -0.2) is 29.5 Å². The Kier molecular flexibility index (Phi) is 6.37. The molecule has 0 saturated carbocycles. The van der Waals surface area contributed by atoms with Crippen molar-refractivity contribution in [2.75, 3.05) is 13.7 Å². The fourth-order valence-electron chi connectivity index (χ4n) is 6.10. The lowest BCUT2D eigenvalue weighted by atomic mass is 9.88. The van der Waals surface area contributed by atoms with Gasteiger partial charge in [-0.3, -0.25) is 9.48 Å². The fraction of sp³-hybridized carbons (Fsp3) is 0.312. The lowest BCUT2D eigenvalue weighted by Crippen LogP contribution is -2.09. The minimum atomic E-state index is -0.388. The molecular formula is C32H31FN2O4. The average Bonchev–Trinajstić information content (AvgIpc) is 3.64. The standard InChI is InChI=1S/C32H31FN2O4/c1-18-11-20(22-15-34-35(3)16-22)12-19(2)31(18)25-7-9-27(33)32-26(25)8-10-28(32)39-23-5-6-24-21(13-30(36)37-4)17-38-29(24)14-23/h5-7,9,11-12,14-16,21,28H,8,10,13,17H2,1-4H3/t21-,28-/m1/s1. The summed E-state index contributed by atoms with van der Waals surface area (Å²) >= 11 is 0. The second kappa shape index (κ2) is 9.88. The van der Waals surface area contributed by atoms with Crippen LogP contribution in [0.4, 0.5) is 4.39 Å². The van der Waals surface area contributed by atoms with Crippen LogP contribution in [0.15, 0.2) is 54.9 Å². The van der Waals surface area contributed by atoms with E-state index < -0.39 is 0 Å². The molecule has 1 aliphatic carbocycles. The summed E-state index contributed by atoms with van der Waals surface area (Å²) in [4.78, 5) is 11.7. The van der Waals surface area contributed by atoms with Gasteiger partial charge in [0.05, 0.1) is 26.3 Å². The van der Waals surface area contributed by atoms with Gasteiger partial charge in [-0.25, -0.2) is 4.39 Å². The zero-order valence-electron chi connectivity index (χ0n) is 22.6. The third kappa shape index (κ3) is 4.56. The van der Waals surface area contributed by atoms with Gasteiger partial charge in [0, 0.05) is 41.9 Å². The highest BCUT2D eigenvalue weighted by molar-refractivity contribution is 5.79. The maximum atomic E-state index is 15.3. The van der Waals surface area contributed by atoms with Gasteiger partial charge in [-0.05, 0) is 72.2 Å². The summed E-state index contributed by atoms with van der Waals surface area (Å²) in [5, 5.41) is 4.30. The number of aryl methyl sites for hydroxylation is 3. The zero-order chi connectivity index (χ0) is 27.3. The topological polar surface area (TPSA) is 62.6 Å². The van der Waals surface area contributed by atoms with Crippen molar-refractivity contribution in [3.05, 3.63) is 88.5 Å². The van der Waals surface area contributed by atoms with Gasteiger partial charge in [0.2, 0.25) is 0 Å². The second-order valence-electron chi connectivity index (χ2n) is 10.5. The summed E-state index contributed by atoms with van der Waals surface area (Å²) in [5.41, 5.74) is 9.29. The van der Waals surface area contributed by atoms with Crippen molar-refractivity contribution in [1.29, 1.82) is 0 Å². The highest BCUT2D eigenvalue weighted by Crippen LogP contribution is 2.45. The maximum absolute atomic E-state index is 15.3. The number of methoxy groups -OCH3 is 1. The van der Waals surface area contributed by atoms with E-state index in [4.69, 9.17) is 14.2 Å². The predicted molar refractivity (Wildman–Crippen MR) is 147 cm³/mol. The van der Waals surface area contributed by atoms with Crippen molar-refractivity contribution in [2.24, 2.45) is 7.05 Å². The molecule has 0 unspecified atom stereocenters. The van der Waals surface area contributed by atoms with E-state index in [2.05, 4.69) is 31.1 Å². The number of carbonyl (C=O) groups excluding carboxylic acids is 1. The van der Waals surface area contributed by atoms with Crippen LogP contribution in [0.5, 0.6) is 11.5 Å². The van der Waals surface area contributed by atoms with Crippen molar-refractivity contribution >= 4 is 5.97 Å². The van der Waals surface area contributed by atoms with E-state index in [9.17, 15) is 4.79 Å². The summed E-state index contributed by atoms with van der Waals surface area (Å²) < 4.78 is 34.1. The number of fused-ring (bicyclic) bond motifs is 2. The number of hydrogen-bond donors (Lipinski definition) is 0. The Bertz CT molecular complexity index is 1570. The van der Waals surface area contributed by atoms with Crippen molar-refractivity contribution < 1.29 is 23.4 Å². The molecule has 0 fully saturated rings. The fourth-order valence-corrected chi connectivity index (χ4v) is 6.10. The summed E-state index contributed by atoms with van der Waals surface area (Å²) in [6.07, 6.45) is 5.19. The summed E-state index contributed by atoms with van der Waals surface area (Å²) in [6.45, 7) is 4.65. The molecule has 2 atom stereocenters. The van der Waals surface area contributed by atoms with Crippen LogP contribution in [0.2, 0.25) is 0 Å². The van der Waals surface area contributed by atoms with Gasteiger partial charge < -0.3 is 14.2 Å². The van der Waals surface area contributed by atoms with Gasteiger partial charge in [0.1, 0.15) is 23.4 Å². The number of aromatic nitrogens is 2. The third-order valence-corrected chi connectivity index (χ3v) is 7.91.